The van der Waals surface area contributed by atoms with Crippen LogP contribution < -0.4 is 0 Å². The molecule has 130 valence electrons. The fourth-order valence-electron chi connectivity index (χ4n) is 2.47. The van der Waals surface area contributed by atoms with Crippen LogP contribution in [0.5, 0.6) is 0 Å². The summed E-state index contributed by atoms with van der Waals surface area (Å²) in [6, 6.07) is 10.3. The molecule has 2 aromatic heterocycles. The molecule has 0 spiro atoms. The minimum Gasteiger partial charge on any atom is -0.306 e. The molecule has 0 aliphatic heterocycles. The maximum atomic E-state index is 10.7. The lowest BCUT2D eigenvalue weighted by atomic mass is 10.1. The second-order valence-electron chi connectivity index (χ2n) is 5.40. The Kier molecular flexibility index (Phi) is 5.44. The number of hydrogen-bond donors (Lipinski definition) is 0. The summed E-state index contributed by atoms with van der Waals surface area (Å²) in [6.45, 7) is 2.83. The van der Waals surface area contributed by atoms with Crippen molar-refractivity contribution in [3.63, 3.8) is 0 Å². The number of nitrogens with zero attached hydrogens (tertiary/aromatic N) is 6. The minimum atomic E-state index is -0.454. The van der Waals surface area contributed by atoms with Crippen molar-refractivity contribution in [1.82, 2.24) is 24.5 Å². The predicted molar refractivity (Wildman–Crippen MR) is 94.3 cm³/mol. The number of thioether (sulfide) groups is 1. The Morgan fingerprint density at radius 2 is 2.00 bits per heavy atom. The Labute approximate surface area is 149 Å². The van der Waals surface area contributed by atoms with E-state index in [1.165, 1.54) is 34.4 Å². The van der Waals surface area contributed by atoms with Gasteiger partial charge in [0.1, 0.15) is 18.2 Å². The lowest BCUT2D eigenvalue weighted by molar-refractivity contribution is -0.385. The summed E-state index contributed by atoms with van der Waals surface area (Å²) >= 11 is 1.46. The molecular weight excluding hydrogens is 340 g/mol. The SMILES string of the molecule is CCn1c(CCc2ccccc2)nnc1SCn1cc([N+](=O)[O-])cn1. The Hall–Kier alpha value is -2.68. The molecule has 1 aromatic carbocycles. The summed E-state index contributed by atoms with van der Waals surface area (Å²) in [4.78, 5) is 10.2. The van der Waals surface area contributed by atoms with Gasteiger partial charge in [-0.2, -0.15) is 5.10 Å². The van der Waals surface area contributed by atoms with E-state index >= 15 is 0 Å². The van der Waals surface area contributed by atoms with Gasteiger partial charge >= 0.3 is 5.69 Å². The maximum absolute atomic E-state index is 10.7. The van der Waals surface area contributed by atoms with Crippen LogP contribution in [0.15, 0.2) is 47.9 Å². The fourth-order valence-corrected chi connectivity index (χ4v) is 3.35. The van der Waals surface area contributed by atoms with Crippen LogP contribution in [-0.4, -0.2) is 29.5 Å². The van der Waals surface area contributed by atoms with Gasteiger partial charge in [-0.3, -0.25) is 14.8 Å². The zero-order valence-electron chi connectivity index (χ0n) is 13.8. The van der Waals surface area contributed by atoms with E-state index < -0.39 is 4.92 Å². The summed E-state index contributed by atoms with van der Waals surface area (Å²) in [6.07, 6.45) is 4.39. The monoisotopic (exact) mass is 358 g/mol. The zero-order chi connectivity index (χ0) is 17.6. The van der Waals surface area contributed by atoms with Gasteiger partial charge in [0.2, 0.25) is 0 Å². The predicted octanol–water partition coefficient (Wildman–Crippen LogP) is 2.94. The van der Waals surface area contributed by atoms with Crippen LogP contribution in [-0.2, 0) is 25.3 Å². The van der Waals surface area contributed by atoms with E-state index in [9.17, 15) is 10.1 Å². The molecule has 25 heavy (non-hydrogen) atoms. The molecular formula is C16H18N6O2S. The van der Waals surface area contributed by atoms with Crippen LogP contribution in [0, 0.1) is 10.1 Å². The minimum absolute atomic E-state index is 0.0129. The fraction of sp³-hybridized carbons (Fsp3) is 0.312. The van der Waals surface area contributed by atoms with Crippen molar-refractivity contribution in [3.8, 4) is 0 Å². The maximum Gasteiger partial charge on any atom is 0.307 e. The molecule has 0 unspecified atom stereocenters. The first-order valence-electron chi connectivity index (χ1n) is 7.93. The van der Waals surface area contributed by atoms with Gasteiger partial charge in [-0.05, 0) is 18.9 Å². The molecule has 3 rings (SSSR count). The normalized spacial score (nSPS) is 10.9. The Balaban J connectivity index is 1.63. The van der Waals surface area contributed by atoms with Crippen molar-refractivity contribution < 1.29 is 4.92 Å². The van der Waals surface area contributed by atoms with Gasteiger partial charge in [-0.15, -0.1) is 10.2 Å². The lowest BCUT2D eigenvalue weighted by Gasteiger charge is -2.07. The number of rotatable bonds is 8. The molecule has 0 fully saturated rings. The smallest absolute Gasteiger partial charge is 0.306 e. The number of aryl methyl sites for hydroxylation is 2. The van der Waals surface area contributed by atoms with Gasteiger partial charge in [0.05, 0.1) is 10.8 Å². The molecule has 0 saturated carbocycles. The summed E-state index contributed by atoms with van der Waals surface area (Å²) in [5.41, 5.74) is 1.26. The van der Waals surface area contributed by atoms with Crippen molar-refractivity contribution in [2.24, 2.45) is 0 Å². The highest BCUT2D eigenvalue weighted by molar-refractivity contribution is 7.98. The van der Waals surface area contributed by atoms with Crippen LogP contribution in [0.2, 0.25) is 0 Å². The molecule has 0 amide bonds. The number of aromatic nitrogens is 5. The summed E-state index contributed by atoms with van der Waals surface area (Å²) < 4.78 is 3.60. The van der Waals surface area contributed by atoms with Crippen LogP contribution >= 0.6 is 11.8 Å². The second-order valence-corrected chi connectivity index (χ2v) is 6.31. The molecule has 9 heteroatoms. The largest absolute Gasteiger partial charge is 0.307 e. The third kappa shape index (κ3) is 4.24. The third-order valence-electron chi connectivity index (χ3n) is 3.75. The van der Waals surface area contributed by atoms with E-state index in [0.29, 0.717) is 5.88 Å². The Bertz CT molecular complexity index is 845. The molecule has 0 N–H and O–H groups in total. The van der Waals surface area contributed by atoms with Crippen LogP contribution in [0.4, 0.5) is 5.69 Å². The van der Waals surface area contributed by atoms with Crippen LogP contribution in [0.1, 0.15) is 18.3 Å². The molecule has 0 aliphatic carbocycles. The zero-order valence-corrected chi connectivity index (χ0v) is 14.6. The van der Waals surface area contributed by atoms with E-state index in [2.05, 4.69) is 38.9 Å². The number of hydrogen-bond acceptors (Lipinski definition) is 6. The number of benzene rings is 1. The van der Waals surface area contributed by atoms with Gasteiger partial charge in [-0.25, -0.2) is 0 Å². The number of nitro groups is 1. The first-order valence-corrected chi connectivity index (χ1v) is 8.91. The average molecular weight is 358 g/mol. The van der Waals surface area contributed by atoms with Gasteiger partial charge in [0.15, 0.2) is 5.16 Å². The first kappa shape index (κ1) is 17.2. The van der Waals surface area contributed by atoms with Crippen molar-refractivity contribution in [2.45, 2.75) is 37.3 Å². The van der Waals surface area contributed by atoms with E-state index in [1.54, 1.807) is 0 Å². The topological polar surface area (TPSA) is 91.7 Å². The lowest BCUT2D eigenvalue weighted by Crippen LogP contribution is -2.05. The molecule has 0 saturated heterocycles. The van der Waals surface area contributed by atoms with Crippen LogP contribution in [0.3, 0.4) is 0 Å². The summed E-state index contributed by atoms with van der Waals surface area (Å²) in [5, 5.41) is 24.0. The summed E-state index contributed by atoms with van der Waals surface area (Å²) in [5.74, 6) is 1.39. The molecule has 0 radical (unpaired) electrons. The van der Waals surface area contributed by atoms with Crippen LogP contribution in [0.25, 0.3) is 0 Å². The van der Waals surface area contributed by atoms with E-state index in [-0.39, 0.29) is 5.69 Å². The average Bonchev–Trinajstić information content (AvgIpc) is 3.25. The highest BCUT2D eigenvalue weighted by Gasteiger charge is 2.13. The molecule has 0 atom stereocenters. The van der Waals surface area contributed by atoms with Gasteiger partial charge in [0.25, 0.3) is 0 Å². The highest BCUT2D eigenvalue weighted by Crippen LogP contribution is 2.20. The van der Waals surface area contributed by atoms with E-state index in [0.717, 1.165) is 30.4 Å². The summed E-state index contributed by atoms with van der Waals surface area (Å²) in [7, 11) is 0. The molecule has 3 aromatic rings. The quantitative estimate of drug-likeness (QED) is 0.349. The van der Waals surface area contributed by atoms with Crippen molar-refractivity contribution >= 4 is 17.4 Å². The van der Waals surface area contributed by atoms with E-state index in [4.69, 9.17) is 0 Å². The first-order chi connectivity index (χ1) is 12.2. The van der Waals surface area contributed by atoms with Crippen molar-refractivity contribution in [2.75, 3.05) is 0 Å². The van der Waals surface area contributed by atoms with Gasteiger partial charge < -0.3 is 4.57 Å². The molecule has 2 heterocycles. The molecule has 8 nitrogen and oxygen atoms in total. The van der Waals surface area contributed by atoms with Crippen molar-refractivity contribution in [3.05, 3.63) is 64.2 Å². The highest BCUT2D eigenvalue weighted by atomic mass is 32.2. The second kappa shape index (κ2) is 7.93. The standard InChI is InChI=1S/C16H18N6O2S/c1-2-21-15(9-8-13-6-4-3-5-7-13)18-19-16(21)25-12-20-11-14(10-17-20)22(23)24/h3-7,10-11H,2,8-9,12H2,1H3. The van der Waals surface area contributed by atoms with Gasteiger partial charge in [0, 0.05) is 13.0 Å². The Morgan fingerprint density at radius 3 is 2.68 bits per heavy atom. The van der Waals surface area contributed by atoms with Crippen molar-refractivity contribution in [1.29, 1.82) is 0 Å². The molecule has 0 bridgehead atoms. The third-order valence-corrected chi connectivity index (χ3v) is 4.70. The van der Waals surface area contributed by atoms with Gasteiger partial charge in [-0.1, -0.05) is 42.1 Å². The van der Waals surface area contributed by atoms with E-state index in [1.807, 2.05) is 18.2 Å². The molecule has 0 aliphatic rings. The Morgan fingerprint density at radius 1 is 1.20 bits per heavy atom.